The Hall–Kier alpha value is -5.10. The van der Waals surface area contributed by atoms with Gasteiger partial charge in [-0.2, -0.15) is 0 Å². The molecule has 5 atom stereocenters. The molecule has 0 aliphatic carbocycles. The summed E-state index contributed by atoms with van der Waals surface area (Å²) in [4.78, 5) is 73.1. The topological polar surface area (TPSA) is 357 Å². The van der Waals surface area contributed by atoms with Gasteiger partial charge in [0.2, 0.25) is 5.91 Å². The monoisotopic (exact) mass is 865 g/mol. The summed E-state index contributed by atoms with van der Waals surface area (Å²) >= 11 is 0. The van der Waals surface area contributed by atoms with Gasteiger partial charge in [-0.15, -0.1) is 0 Å². The van der Waals surface area contributed by atoms with Crippen molar-refractivity contribution in [3.05, 3.63) is 71.8 Å². The fraction of sp³-hybridized carbons (Fsp3) is 0.550. The first-order valence-corrected chi connectivity index (χ1v) is 19.1. The number of quaternary nitrogens is 1. The molecule has 21 heteroatoms. The highest BCUT2D eigenvalue weighted by Gasteiger charge is 2.30. The largest absolute Gasteiger partial charge is 0.549 e. The molecule has 344 valence electrons. The molecule has 2 aromatic rings. The van der Waals surface area contributed by atoms with Crippen molar-refractivity contribution in [2.75, 3.05) is 79.1 Å². The number of benzene rings is 2. The van der Waals surface area contributed by atoms with Gasteiger partial charge in [0.15, 0.2) is 0 Å². The van der Waals surface area contributed by atoms with E-state index in [4.69, 9.17) is 15.3 Å². The first-order chi connectivity index (χ1) is 28.4. The Bertz CT molecular complexity index is 1480. The van der Waals surface area contributed by atoms with Crippen LogP contribution in [-0.4, -0.2) is 186 Å². The molecule has 0 spiro atoms. The summed E-state index contributed by atoms with van der Waals surface area (Å²) < 4.78 is 0. The molecule has 2 aromatic carbocycles. The molecule has 0 saturated carbocycles. The standard InChI is InChI=1S/C32H42N4O11.C7H17NO5.CH4/c37-26(38)19-34(20-27(39)40)15-17-36(18-16-35(21-28(41)42)22-29(43)44)25(32(46)47)13-7-8-14-33-31(45)30(23-9-3-1-4-10-23)24-11-5-2-6-12-24;1-8-2-4(10)6(12)7(13)5(11)3-9;/h1-6,9-12,25,30H,7-8,13-22H2,(H,33,45)(H,37,38)(H,39,40)(H,41,42)(H,43,44)(H,46,47);4-13H,2-3H2,1H3;1H4/p-4/t;4-,5?,6+,7+;/m.0./s1. The van der Waals surface area contributed by atoms with Crippen LogP contribution in [0.25, 0.3) is 0 Å². The number of unbranched alkanes of at least 4 members (excludes halogenated alkanes) is 1. The van der Waals surface area contributed by atoms with Gasteiger partial charge < -0.3 is 85.7 Å². The minimum Gasteiger partial charge on any atom is -0.549 e. The molecular weight excluding hydrogens is 806 g/mol. The number of carboxylic acids is 5. The quantitative estimate of drug-likeness (QED) is 0.0359. The molecule has 21 nitrogen and oxygen atoms in total. The second kappa shape index (κ2) is 30.9. The Kier molecular flexibility index (Phi) is 28.3. The lowest BCUT2D eigenvalue weighted by Crippen LogP contribution is -2.83. The summed E-state index contributed by atoms with van der Waals surface area (Å²) in [7, 11) is 1.70. The average Bonchev–Trinajstić information content (AvgIpc) is 3.18. The first kappa shape index (κ1) is 55.9. The van der Waals surface area contributed by atoms with Crippen molar-refractivity contribution in [3.8, 4) is 0 Å². The Morgan fingerprint density at radius 2 is 1.05 bits per heavy atom. The Balaban J connectivity index is 0.00000221. The Morgan fingerprint density at radius 1 is 0.639 bits per heavy atom. The van der Waals surface area contributed by atoms with E-state index >= 15 is 0 Å². The maximum absolute atomic E-state index is 13.2. The van der Waals surface area contributed by atoms with Gasteiger partial charge in [-0.3, -0.25) is 19.5 Å². The third kappa shape index (κ3) is 22.9. The van der Waals surface area contributed by atoms with Crippen LogP contribution in [0.1, 0.15) is 43.7 Å². The van der Waals surface area contributed by atoms with Crippen molar-refractivity contribution in [2.45, 2.75) is 63.1 Å². The van der Waals surface area contributed by atoms with Crippen LogP contribution < -0.4 is 36.2 Å². The number of hydrogen-bond acceptors (Lipinski definition) is 19. The van der Waals surface area contributed by atoms with Gasteiger partial charge in [0.05, 0.1) is 49.4 Å². The molecule has 2 rings (SSSR count). The highest BCUT2D eigenvalue weighted by atomic mass is 16.4. The second-order valence-corrected chi connectivity index (χ2v) is 13.8. The van der Waals surface area contributed by atoms with Crippen molar-refractivity contribution in [3.63, 3.8) is 0 Å². The van der Waals surface area contributed by atoms with Crippen molar-refractivity contribution >= 4 is 35.8 Å². The smallest absolute Gasteiger partial charge is 0.232 e. The number of likely N-dealkylation sites (N-methyl/N-ethyl adjacent to an activating group) is 1. The summed E-state index contributed by atoms with van der Waals surface area (Å²) in [6.07, 6.45) is -4.90. The van der Waals surface area contributed by atoms with Crippen LogP contribution in [0.2, 0.25) is 0 Å². The van der Waals surface area contributed by atoms with Gasteiger partial charge in [0.1, 0.15) is 31.0 Å². The van der Waals surface area contributed by atoms with Gasteiger partial charge in [-0.1, -0.05) is 68.1 Å². The van der Waals surface area contributed by atoms with Crippen LogP contribution in [0.4, 0.5) is 0 Å². The number of carboxylic acid groups (broad SMARTS) is 5. The minimum absolute atomic E-state index is 0. The number of amides is 1. The number of nitrogens with zero attached hydrogens (tertiary/aromatic N) is 3. The van der Waals surface area contributed by atoms with Gasteiger partial charge in [-0.25, -0.2) is 0 Å². The number of carbonyl (C=O) groups is 6. The summed E-state index contributed by atoms with van der Waals surface area (Å²) in [6, 6.07) is 17.1. The number of rotatable bonds is 30. The molecule has 0 aromatic heterocycles. The molecule has 0 aliphatic rings. The number of aliphatic carboxylic acids is 5. The van der Waals surface area contributed by atoms with E-state index < -0.39 is 99.0 Å². The maximum atomic E-state index is 13.2. The number of aliphatic hydroxyl groups excluding tert-OH is 5. The third-order valence-corrected chi connectivity index (χ3v) is 9.06. The SMILES string of the molecule is C.C[NH2+]C[C@H](O)[C@@H](O)[C@H](O)C(O)CO.O=C([O-])CN(CCN(CCN(CC(=O)[O-])CC(=O)[O-])C(CCCCNC(=O)C(c1ccccc1)c1ccccc1)C(=O)[O-])CC(=O)[O-]. The molecule has 0 heterocycles. The number of hydrogen-bond donors (Lipinski definition) is 7. The molecule has 0 bridgehead atoms. The van der Waals surface area contributed by atoms with Gasteiger partial charge in [0, 0.05) is 64.9 Å². The number of nitrogens with one attached hydrogen (secondary N) is 1. The van der Waals surface area contributed by atoms with Gasteiger partial charge >= 0.3 is 0 Å². The lowest BCUT2D eigenvalue weighted by molar-refractivity contribution is -0.635. The van der Waals surface area contributed by atoms with Crippen LogP contribution >= 0.6 is 0 Å². The van der Waals surface area contributed by atoms with E-state index in [0.717, 1.165) is 20.9 Å². The molecule has 0 fully saturated rings. The van der Waals surface area contributed by atoms with Gasteiger partial charge in [-0.05, 0) is 30.4 Å². The van der Waals surface area contributed by atoms with Gasteiger partial charge in [0.25, 0.3) is 0 Å². The first-order valence-electron chi connectivity index (χ1n) is 19.1. The summed E-state index contributed by atoms with van der Waals surface area (Å²) in [5, 5.41) is 106. The second-order valence-electron chi connectivity index (χ2n) is 13.8. The van der Waals surface area contributed by atoms with Crippen LogP contribution in [-0.2, 0) is 28.8 Å². The predicted molar refractivity (Wildman–Crippen MR) is 205 cm³/mol. The predicted octanol–water partition coefficient (Wildman–Crippen LogP) is -9.62. The normalized spacial score (nSPS) is 13.6. The van der Waals surface area contributed by atoms with Crippen LogP contribution in [0.3, 0.4) is 0 Å². The van der Waals surface area contributed by atoms with Crippen LogP contribution in [0.5, 0.6) is 0 Å². The van der Waals surface area contributed by atoms with Crippen molar-refractivity contribution in [2.24, 2.45) is 0 Å². The lowest BCUT2D eigenvalue weighted by Gasteiger charge is -2.36. The number of carbonyl (C=O) groups excluding carboxylic acids is 6. The average molecular weight is 866 g/mol. The van der Waals surface area contributed by atoms with E-state index in [9.17, 15) is 64.5 Å². The number of aliphatic hydroxyl groups is 5. The molecule has 2 unspecified atom stereocenters. The van der Waals surface area contributed by atoms with Crippen molar-refractivity contribution in [1.82, 2.24) is 20.0 Å². The fourth-order valence-corrected chi connectivity index (χ4v) is 6.08. The summed E-state index contributed by atoms with van der Waals surface area (Å²) in [5.74, 6) is -8.64. The Labute approximate surface area is 354 Å². The zero-order valence-electron chi connectivity index (χ0n) is 33.3. The molecule has 0 saturated heterocycles. The van der Waals surface area contributed by atoms with Crippen molar-refractivity contribution in [1.29, 1.82) is 0 Å². The van der Waals surface area contributed by atoms with E-state index in [1.807, 2.05) is 60.7 Å². The van der Waals surface area contributed by atoms with E-state index in [1.165, 1.54) is 4.90 Å². The third-order valence-electron chi connectivity index (χ3n) is 9.06. The van der Waals surface area contributed by atoms with Crippen LogP contribution in [0, 0.1) is 0 Å². The summed E-state index contributed by atoms with van der Waals surface area (Å²) in [5.41, 5.74) is 1.59. The lowest BCUT2D eigenvalue weighted by atomic mass is 9.90. The number of nitrogens with two attached hydrogens (primary N) is 1. The molecule has 1 amide bonds. The maximum Gasteiger partial charge on any atom is 0.232 e. The molecular formula is C40H59N5O16-4. The highest BCUT2D eigenvalue weighted by molar-refractivity contribution is 5.87. The van der Waals surface area contributed by atoms with E-state index in [1.54, 1.807) is 12.4 Å². The molecule has 0 aliphatic heterocycles. The van der Waals surface area contributed by atoms with E-state index in [0.29, 0.717) is 6.42 Å². The molecule has 61 heavy (non-hydrogen) atoms. The summed E-state index contributed by atoms with van der Waals surface area (Å²) in [6.45, 7) is -4.31. The fourth-order valence-electron chi connectivity index (χ4n) is 6.08. The highest BCUT2D eigenvalue weighted by Crippen LogP contribution is 2.24. The zero-order chi connectivity index (χ0) is 45.2. The Morgan fingerprint density at radius 3 is 1.41 bits per heavy atom. The zero-order valence-corrected chi connectivity index (χ0v) is 33.3. The van der Waals surface area contributed by atoms with Crippen molar-refractivity contribution < 1.29 is 85.1 Å². The van der Waals surface area contributed by atoms with E-state index in [-0.39, 0.29) is 65.4 Å². The molecule has 0 radical (unpaired) electrons. The van der Waals surface area contributed by atoms with Crippen LogP contribution in [0.15, 0.2) is 60.7 Å². The van der Waals surface area contributed by atoms with E-state index in [2.05, 4.69) is 5.32 Å². The minimum atomic E-state index is -1.58. The molecule has 8 N–H and O–H groups in total.